The Morgan fingerprint density at radius 1 is 1.12 bits per heavy atom. The SMILES string of the molecule is c1ccc2[nH]c(C3CCCN(c4ncnc5nc[nH]c45)C3)nc2c1. The number of rotatable bonds is 2. The lowest BCUT2D eigenvalue weighted by molar-refractivity contribution is 0.493. The van der Waals surface area contributed by atoms with Crippen molar-refractivity contribution in [2.45, 2.75) is 18.8 Å². The van der Waals surface area contributed by atoms with Crippen LogP contribution in [0.25, 0.3) is 22.2 Å². The van der Waals surface area contributed by atoms with Crippen LogP contribution in [-0.4, -0.2) is 43.0 Å². The molecule has 1 aromatic carbocycles. The van der Waals surface area contributed by atoms with Gasteiger partial charge >= 0.3 is 0 Å². The molecule has 1 fully saturated rings. The Bertz CT molecular complexity index is 969. The molecule has 2 N–H and O–H groups in total. The van der Waals surface area contributed by atoms with Crippen molar-refractivity contribution < 1.29 is 0 Å². The molecule has 1 atom stereocenters. The van der Waals surface area contributed by atoms with E-state index < -0.39 is 0 Å². The minimum absolute atomic E-state index is 0.374. The zero-order valence-corrected chi connectivity index (χ0v) is 13.1. The summed E-state index contributed by atoms with van der Waals surface area (Å²) < 4.78 is 0. The van der Waals surface area contributed by atoms with Crippen LogP contribution >= 0.6 is 0 Å². The number of piperidine rings is 1. The van der Waals surface area contributed by atoms with Crippen LogP contribution in [0.3, 0.4) is 0 Å². The van der Waals surface area contributed by atoms with Gasteiger partial charge in [0, 0.05) is 19.0 Å². The number of nitrogens with zero attached hydrogens (tertiary/aromatic N) is 5. The second kappa shape index (κ2) is 5.30. The van der Waals surface area contributed by atoms with Gasteiger partial charge in [-0.3, -0.25) is 0 Å². The number of fused-ring (bicyclic) bond motifs is 2. The zero-order chi connectivity index (χ0) is 15.9. The average molecular weight is 319 g/mol. The van der Waals surface area contributed by atoms with Gasteiger partial charge < -0.3 is 14.9 Å². The van der Waals surface area contributed by atoms with E-state index in [2.05, 4.69) is 42.0 Å². The number of anilines is 1. The third-order valence-corrected chi connectivity index (χ3v) is 4.72. The fourth-order valence-electron chi connectivity index (χ4n) is 3.55. The maximum absolute atomic E-state index is 4.78. The number of nitrogens with one attached hydrogen (secondary N) is 2. The molecular formula is C17H17N7. The Hall–Kier alpha value is -2.96. The van der Waals surface area contributed by atoms with Crippen molar-refractivity contribution in [1.29, 1.82) is 0 Å². The van der Waals surface area contributed by atoms with Crippen LogP contribution in [0.2, 0.25) is 0 Å². The number of hydrogen-bond donors (Lipinski definition) is 2. The van der Waals surface area contributed by atoms with E-state index in [1.165, 1.54) is 0 Å². The second-order valence-corrected chi connectivity index (χ2v) is 6.22. The summed E-state index contributed by atoms with van der Waals surface area (Å²) in [6.07, 6.45) is 5.50. The molecule has 1 saturated heterocycles. The maximum Gasteiger partial charge on any atom is 0.182 e. The molecule has 0 amide bonds. The van der Waals surface area contributed by atoms with Crippen LogP contribution in [0, 0.1) is 0 Å². The Kier molecular flexibility index (Phi) is 2.97. The largest absolute Gasteiger partial charge is 0.354 e. The number of hydrogen-bond acceptors (Lipinski definition) is 5. The van der Waals surface area contributed by atoms with Gasteiger partial charge in [0.25, 0.3) is 0 Å². The van der Waals surface area contributed by atoms with Crippen molar-refractivity contribution >= 4 is 28.0 Å². The van der Waals surface area contributed by atoms with Crippen molar-refractivity contribution in [3.05, 3.63) is 42.7 Å². The van der Waals surface area contributed by atoms with Crippen molar-refractivity contribution in [3.63, 3.8) is 0 Å². The highest BCUT2D eigenvalue weighted by Gasteiger charge is 2.26. The van der Waals surface area contributed by atoms with E-state index in [4.69, 9.17) is 4.98 Å². The van der Waals surface area contributed by atoms with E-state index >= 15 is 0 Å². The minimum Gasteiger partial charge on any atom is -0.354 e. The zero-order valence-electron chi connectivity index (χ0n) is 13.1. The van der Waals surface area contributed by atoms with Crippen LogP contribution in [0.5, 0.6) is 0 Å². The lowest BCUT2D eigenvalue weighted by Gasteiger charge is -2.32. The van der Waals surface area contributed by atoms with Crippen LogP contribution in [0.4, 0.5) is 5.82 Å². The number of aromatic nitrogens is 6. The summed E-state index contributed by atoms with van der Waals surface area (Å²) in [6.45, 7) is 1.88. The Labute approximate surface area is 138 Å². The number of imidazole rings is 2. The molecule has 24 heavy (non-hydrogen) atoms. The van der Waals surface area contributed by atoms with E-state index in [0.717, 1.165) is 54.1 Å². The summed E-state index contributed by atoms with van der Waals surface area (Å²) in [5.41, 5.74) is 3.75. The van der Waals surface area contributed by atoms with E-state index in [-0.39, 0.29) is 0 Å². The second-order valence-electron chi connectivity index (χ2n) is 6.22. The van der Waals surface area contributed by atoms with Crippen LogP contribution in [0.15, 0.2) is 36.9 Å². The van der Waals surface area contributed by atoms with Gasteiger partial charge in [-0.25, -0.2) is 19.9 Å². The average Bonchev–Trinajstić information content (AvgIpc) is 3.28. The quantitative estimate of drug-likeness (QED) is 0.593. The molecular weight excluding hydrogens is 302 g/mol. The first-order valence-electron chi connectivity index (χ1n) is 8.22. The summed E-state index contributed by atoms with van der Waals surface area (Å²) in [5.74, 6) is 2.37. The van der Waals surface area contributed by atoms with Gasteiger partial charge in [-0.05, 0) is 25.0 Å². The van der Waals surface area contributed by atoms with Crippen molar-refractivity contribution in [2.75, 3.05) is 18.0 Å². The fourth-order valence-corrected chi connectivity index (χ4v) is 3.55. The van der Waals surface area contributed by atoms with Crippen molar-refractivity contribution in [2.24, 2.45) is 0 Å². The number of H-pyrrole nitrogens is 2. The molecule has 0 radical (unpaired) electrons. The predicted octanol–water partition coefficient (Wildman–Crippen LogP) is 2.61. The van der Waals surface area contributed by atoms with E-state index in [1.807, 2.05) is 12.1 Å². The first-order chi connectivity index (χ1) is 11.9. The molecule has 5 rings (SSSR count). The molecule has 120 valence electrons. The molecule has 4 heterocycles. The van der Waals surface area contributed by atoms with Gasteiger partial charge in [-0.15, -0.1) is 0 Å². The molecule has 7 nitrogen and oxygen atoms in total. The summed E-state index contributed by atoms with van der Waals surface area (Å²) in [5, 5.41) is 0. The highest BCUT2D eigenvalue weighted by Crippen LogP contribution is 2.30. The summed E-state index contributed by atoms with van der Waals surface area (Å²) in [7, 11) is 0. The van der Waals surface area contributed by atoms with Crippen molar-refractivity contribution in [3.8, 4) is 0 Å². The Morgan fingerprint density at radius 2 is 2.08 bits per heavy atom. The number of aromatic amines is 2. The Morgan fingerprint density at radius 3 is 3.04 bits per heavy atom. The lowest BCUT2D eigenvalue weighted by atomic mass is 9.97. The topological polar surface area (TPSA) is 86.4 Å². The highest BCUT2D eigenvalue weighted by molar-refractivity contribution is 5.82. The first-order valence-corrected chi connectivity index (χ1v) is 8.22. The maximum atomic E-state index is 4.78. The number of para-hydroxylation sites is 2. The van der Waals surface area contributed by atoms with Crippen LogP contribution in [-0.2, 0) is 0 Å². The summed E-state index contributed by atoms with van der Waals surface area (Å²) in [4.78, 5) is 26.6. The molecule has 1 aliphatic heterocycles. The lowest BCUT2D eigenvalue weighted by Crippen LogP contribution is -2.35. The van der Waals surface area contributed by atoms with Crippen LogP contribution in [0.1, 0.15) is 24.6 Å². The van der Waals surface area contributed by atoms with Gasteiger partial charge in [-0.1, -0.05) is 12.1 Å². The van der Waals surface area contributed by atoms with Gasteiger partial charge in [0.1, 0.15) is 17.7 Å². The molecule has 7 heteroatoms. The normalized spacial score (nSPS) is 18.5. The molecule has 0 aliphatic carbocycles. The third-order valence-electron chi connectivity index (χ3n) is 4.72. The van der Waals surface area contributed by atoms with Crippen molar-refractivity contribution in [1.82, 2.24) is 29.9 Å². The predicted molar refractivity (Wildman–Crippen MR) is 92.0 cm³/mol. The standard InChI is InChI=1S/C17H17N7/c1-2-6-13-12(5-1)22-15(23-13)11-4-3-7-24(8-11)17-14-16(19-9-18-14)20-10-21-17/h1-2,5-6,9-11H,3-4,7-8H2,(H,22,23)(H,18,19,20,21). The molecule has 4 aromatic rings. The van der Waals surface area contributed by atoms with E-state index in [1.54, 1.807) is 12.7 Å². The highest BCUT2D eigenvalue weighted by atomic mass is 15.2. The molecule has 1 aliphatic rings. The molecule has 0 spiro atoms. The molecule has 3 aromatic heterocycles. The molecule has 0 saturated carbocycles. The Balaban J connectivity index is 1.48. The summed E-state index contributed by atoms with van der Waals surface area (Å²) in [6, 6.07) is 8.18. The number of benzene rings is 1. The summed E-state index contributed by atoms with van der Waals surface area (Å²) >= 11 is 0. The minimum atomic E-state index is 0.374. The van der Waals surface area contributed by atoms with E-state index in [0.29, 0.717) is 11.6 Å². The fraction of sp³-hybridized carbons (Fsp3) is 0.294. The smallest absolute Gasteiger partial charge is 0.182 e. The van der Waals surface area contributed by atoms with Gasteiger partial charge in [0.15, 0.2) is 11.5 Å². The third kappa shape index (κ3) is 2.12. The van der Waals surface area contributed by atoms with Gasteiger partial charge in [0.05, 0.1) is 17.4 Å². The van der Waals surface area contributed by atoms with Gasteiger partial charge in [0.2, 0.25) is 0 Å². The van der Waals surface area contributed by atoms with E-state index in [9.17, 15) is 0 Å². The van der Waals surface area contributed by atoms with Crippen LogP contribution < -0.4 is 4.90 Å². The monoisotopic (exact) mass is 319 g/mol. The molecule has 0 bridgehead atoms. The molecule has 1 unspecified atom stereocenters. The first kappa shape index (κ1) is 13.5. The van der Waals surface area contributed by atoms with Gasteiger partial charge in [-0.2, -0.15) is 0 Å².